The third-order valence-corrected chi connectivity index (χ3v) is 4.72. The van der Waals surface area contributed by atoms with Crippen LogP contribution in [0, 0.1) is 0 Å². The Labute approximate surface area is 166 Å². The van der Waals surface area contributed by atoms with E-state index < -0.39 is 29.5 Å². The molecule has 1 amide bonds. The average molecular weight is 397 g/mol. The predicted molar refractivity (Wildman–Crippen MR) is 104 cm³/mol. The molecule has 1 unspecified atom stereocenters. The number of anilines is 1. The first-order valence-corrected chi connectivity index (χ1v) is 8.63. The summed E-state index contributed by atoms with van der Waals surface area (Å²) in [6, 6.07) is 9.54. The minimum atomic E-state index is -1.11. The van der Waals surface area contributed by atoms with Crippen molar-refractivity contribution in [3.05, 3.63) is 64.9 Å². The highest BCUT2D eigenvalue weighted by Crippen LogP contribution is 2.44. The zero-order valence-corrected chi connectivity index (χ0v) is 16.0. The van der Waals surface area contributed by atoms with Gasteiger partial charge in [-0.2, -0.15) is 0 Å². The number of ketones is 1. The summed E-state index contributed by atoms with van der Waals surface area (Å²) in [5, 5.41) is 19.5. The van der Waals surface area contributed by atoms with Gasteiger partial charge in [0.2, 0.25) is 0 Å². The van der Waals surface area contributed by atoms with E-state index in [0.29, 0.717) is 22.7 Å². The molecule has 0 aliphatic carbocycles. The second-order valence-electron chi connectivity index (χ2n) is 6.36. The summed E-state index contributed by atoms with van der Waals surface area (Å²) in [5.74, 6) is -2.11. The van der Waals surface area contributed by atoms with Crippen LogP contribution in [0.25, 0.3) is 0 Å². The van der Waals surface area contributed by atoms with Crippen molar-refractivity contribution >= 4 is 23.3 Å². The van der Waals surface area contributed by atoms with Crippen LogP contribution in [-0.4, -0.2) is 42.1 Å². The monoisotopic (exact) mass is 397 g/mol. The van der Waals surface area contributed by atoms with Gasteiger partial charge in [-0.1, -0.05) is 0 Å². The molecule has 0 spiro atoms. The molecule has 0 aromatic heterocycles. The quantitative estimate of drug-likeness (QED) is 0.770. The highest BCUT2D eigenvalue weighted by molar-refractivity contribution is 6.16. The molecule has 8 nitrogen and oxygen atoms in total. The number of carbonyl (C=O) groups excluding carboxylic acids is 2. The lowest BCUT2D eigenvalue weighted by Gasteiger charge is -2.28. The van der Waals surface area contributed by atoms with Gasteiger partial charge in [0, 0.05) is 17.3 Å². The van der Waals surface area contributed by atoms with Crippen molar-refractivity contribution in [1.29, 1.82) is 0 Å². The Balaban J connectivity index is 2.19. The summed E-state index contributed by atoms with van der Waals surface area (Å²) < 4.78 is 10.6. The minimum Gasteiger partial charge on any atom is -0.503 e. The van der Waals surface area contributed by atoms with E-state index in [1.54, 1.807) is 18.2 Å². The molecule has 1 aliphatic heterocycles. The highest BCUT2D eigenvalue weighted by atomic mass is 16.5. The van der Waals surface area contributed by atoms with Crippen molar-refractivity contribution in [2.75, 3.05) is 19.1 Å². The molecule has 1 atom stereocenters. The van der Waals surface area contributed by atoms with Crippen molar-refractivity contribution in [1.82, 2.24) is 0 Å². The Bertz CT molecular complexity index is 1020. The molecule has 8 heteroatoms. The Morgan fingerprint density at radius 3 is 2.21 bits per heavy atom. The number of aliphatic hydroxyl groups excluding tert-OH is 1. The Morgan fingerprint density at radius 2 is 1.69 bits per heavy atom. The third kappa shape index (κ3) is 3.40. The maximum atomic E-state index is 12.8. The van der Waals surface area contributed by atoms with E-state index in [-0.39, 0.29) is 11.1 Å². The van der Waals surface area contributed by atoms with Gasteiger partial charge in [0.1, 0.15) is 11.5 Å². The maximum Gasteiger partial charge on any atom is 0.335 e. The lowest BCUT2D eigenvalue weighted by Crippen LogP contribution is -2.31. The van der Waals surface area contributed by atoms with Crippen LogP contribution in [0.5, 0.6) is 11.5 Å². The number of carboxylic acid groups (broad SMARTS) is 1. The summed E-state index contributed by atoms with van der Waals surface area (Å²) in [5.41, 5.74) is 0.771. The lowest BCUT2D eigenvalue weighted by molar-refractivity contribution is -0.117. The van der Waals surface area contributed by atoms with Gasteiger partial charge in [-0.15, -0.1) is 0 Å². The molecule has 1 heterocycles. The fraction of sp³-hybridized carbons (Fsp3) is 0.190. The maximum absolute atomic E-state index is 12.8. The van der Waals surface area contributed by atoms with Gasteiger partial charge in [-0.05, 0) is 43.3 Å². The molecule has 150 valence electrons. The molecule has 1 aliphatic rings. The van der Waals surface area contributed by atoms with Crippen LogP contribution < -0.4 is 14.4 Å². The molecule has 2 aromatic carbocycles. The van der Waals surface area contributed by atoms with Crippen LogP contribution in [0.2, 0.25) is 0 Å². The number of hydrogen-bond acceptors (Lipinski definition) is 6. The number of aromatic carboxylic acids is 1. The zero-order valence-electron chi connectivity index (χ0n) is 16.0. The van der Waals surface area contributed by atoms with E-state index in [4.69, 9.17) is 14.6 Å². The summed E-state index contributed by atoms with van der Waals surface area (Å²) >= 11 is 0. The number of hydrogen-bond donors (Lipinski definition) is 2. The number of methoxy groups -OCH3 is 2. The third-order valence-electron chi connectivity index (χ3n) is 4.72. The molecule has 2 aromatic rings. The average Bonchev–Trinajstić information content (AvgIpc) is 2.98. The molecule has 29 heavy (non-hydrogen) atoms. The summed E-state index contributed by atoms with van der Waals surface area (Å²) in [6.45, 7) is 1.26. The van der Waals surface area contributed by atoms with Crippen LogP contribution in [0.1, 0.15) is 28.9 Å². The van der Waals surface area contributed by atoms with E-state index in [9.17, 15) is 19.5 Å². The Morgan fingerprint density at radius 1 is 1.03 bits per heavy atom. The van der Waals surface area contributed by atoms with Crippen molar-refractivity contribution in [3.8, 4) is 11.5 Å². The van der Waals surface area contributed by atoms with Crippen molar-refractivity contribution < 1.29 is 34.1 Å². The zero-order chi connectivity index (χ0) is 21.3. The number of benzene rings is 2. The Kier molecular flexibility index (Phi) is 5.27. The first kappa shape index (κ1) is 19.9. The Hall–Kier alpha value is -3.81. The number of carboxylic acids is 1. The lowest BCUT2D eigenvalue weighted by atomic mass is 9.95. The summed E-state index contributed by atoms with van der Waals surface area (Å²) in [6.07, 6.45) is 0. The first-order chi connectivity index (χ1) is 13.8. The second kappa shape index (κ2) is 7.67. The fourth-order valence-corrected chi connectivity index (χ4v) is 3.33. The van der Waals surface area contributed by atoms with Gasteiger partial charge in [-0.3, -0.25) is 14.5 Å². The van der Waals surface area contributed by atoms with Gasteiger partial charge >= 0.3 is 5.97 Å². The molecular formula is C21H19NO7. The van der Waals surface area contributed by atoms with Gasteiger partial charge in [0.25, 0.3) is 5.91 Å². The molecule has 0 fully saturated rings. The molecule has 0 bridgehead atoms. The molecule has 0 saturated heterocycles. The largest absolute Gasteiger partial charge is 0.503 e. The van der Waals surface area contributed by atoms with Gasteiger partial charge in [0.05, 0.1) is 31.4 Å². The molecule has 2 N–H and O–H groups in total. The number of carbonyl (C=O) groups is 3. The van der Waals surface area contributed by atoms with Crippen LogP contribution in [-0.2, 0) is 9.59 Å². The first-order valence-electron chi connectivity index (χ1n) is 8.63. The van der Waals surface area contributed by atoms with Crippen LogP contribution in [0.4, 0.5) is 5.69 Å². The number of rotatable bonds is 6. The number of aliphatic hydroxyl groups is 1. The minimum absolute atomic E-state index is 0.0444. The number of amides is 1. The van der Waals surface area contributed by atoms with Crippen LogP contribution in [0.15, 0.2) is 53.8 Å². The van der Waals surface area contributed by atoms with E-state index in [1.807, 2.05) is 0 Å². The van der Waals surface area contributed by atoms with Crippen LogP contribution in [0.3, 0.4) is 0 Å². The normalized spacial score (nSPS) is 16.2. The predicted octanol–water partition coefficient (Wildman–Crippen LogP) is 2.89. The van der Waals surface area contributed by atoms with Crippen molar-refractivity contribution in [2.24, 2.45) is 0 Å². The number of nitrogens with zero attached hydrogens (tertiary/aromatic N) is 1. The molecule has 0 saturated carbocycles. The smallest absolute Gasteiger partial charge is 0.335 e. The van der Waals surface area contributed by atoms with Crippen LogP contribution >= 0.6 is 0 Å². The summed E-state index contributed by atoms with van der Waals surface area (Å²) in [4.78, 5) is 37.5. The van der Waals surface area contributed by atoms with Gasteiger partial charge in [0.15, 0.2) is 11.5 Å². The molecular weight excluding hydrogens is 378 g/mol. The van der Waals surface area contributed by atoms with Gasteiger partial charge < -0.3 is 19.7 Å². The molecule has 3 rings (SSSR count). The fourth-order valence-electron chi connectivity index (χ4n) is 3.33. The van der Waals surface area contributed by atoms with E-state index in [2.05, 4.69) is 0 Å². The topological polar surface area (TPSA) is 113 Å². The SMILES string of the molecule is COc1ccc(C2C(C(C)=O)=C(O)C(=O)N2c2ccc(C(=O)O)cc2)c(OC)c1. The van der Waals surface area contributed by atoms with Crippen molar-refractivity contribution in [2.45, 2.75) is 13.0 Å². The van der Waals surface area contributed by atoms with Gasteiger partial charge in [-0.25, -0.2) is 4.79 Å². The van der Waals surface area contributed by atoms with E-state index in [1.165, 1.54) is 50.3 Å². The van der Waals surface area contributed by atoms with E-state index >= 15 is 0 Å². The second-order valence-corrected chi connectivity index (χ2v) is 6.36. The highest BCUT2D eigenvalue weighted by Gasteiger charge is 2.44. The standard InChI is InChI=1S/C21H19NO7/c1-11(23)17-18(15-9-8-14(28-2)10-16(15)29-3)22(20(25)19(17)24)13-6-4-12(5-7-13)21(26)27/h4-10,18,24H,1-3H3,(H,26,27). The number of ether oxygens (including phenoxy) is 2. The number of Topliss-reactive ketones (excluding diaryl/α,β-unsaturated/α-hetero) is 1. The summed E-state index contributed by atoms with van der Waals surface area (Å²) in [7, 11) is 2.94. The van der Waals surface area contributed by atoms with Crippen molar-refractivity contribution in [3.63, 3.8) is 0 Å². The van der Waals surface area contributed by atoms with E-state index in [0.717, 1.165) is 0 Å². The molecule has 0 radical (unpaired) electrons.